The molecule has 3 aromatic carbocycles. The maximum atomic E-state index is 10.4. The summed E-state index contributed by atoms with van der Waals surface area (Å²) in [6.07, 6.45) is 0. The third-order valence-corrected chi connectivity index (χ3v) is 4.20. The van der Waals surface area contributed by atoms with Gasteiger partial charge in [0.2, 0.25) is 0 Å². The topological polar surface area (TPSA) is 40.5 Å². The van der Waals surface area contributed by atoms with Gasteiger partial charge in [0, 0.05) is 0 Å². The molecular formula is C20H22O2. The van der Waals surface area contributed by atoms with Crippen molar-refractivity contribution in [3.8, 4) is 0 Å². The van der Waals surface area contributed by atoms with Gasteiger partial charge in [0.25, 0.3) is 0 Å². The predicted molar refractivity (Wildman–Crippen MR) is 91.9 cm³/mol. The van der Waals surface area contributed by atoms with Gasteiger partial charge in [-0.1, -0.05) is 36.4 Å². The Morgan fingerprint density at radius 3 is 1.32 bits per heavy atom. The molecule has 0 aliphatic heterocycles. The largest absolute Gasteiger partial charge is 0.386 e. The van der Waals surface area contributed by atoms with E-state index in [1.807, 2.05) is 36.4 Å². The maximum Gasteiger partial charge on any atom is 0.0846 e. The molecule has 0 fully saturated rings. The highest BCUT2D eigenvalue weighted by Gasteiger charge is 2.21. The Bertz CT molecular complexity index is 776. The third-order valence-electron chi connectivity index (χ3n) is 4.20. The van der Waals surface area contributed by atoms with Crippen molar-refractivity contribution in [2.24, 2.45) is 0 Å². The number of hydrogen-bond donors (Lipinski definition) is 2. The fourth-order valence-corrected chi connectivity index (χ4v) is 3.12. The Balaban J connectivity index is 2.41. The summed E-state index contributed by atoms with van der Waals surface area (Å²) in [5, 5.41) is 25.1. The zero-order valence-corrected chi connectivity index (χ0v) is 13.5. The van der Waals surface area contributed by atoms with E-state index in [-0.39, 0.29) is 0 Å². The van der Waals surface area contributed by atoms with Gasteiger partial charge in [-0.25, -0.2) is 0 Å². The number of aliphatic hydroxyl groups is 2. The van der Waals surface area contributed by atoms with E-state index in [0.717, 1.165) is 32.7 Å². The Morgan fingerprint density at radius 1 is 0.636 bits per heavy atom. The summed E-state index contributed by atoms with van der Waals surface area (Å²) in [6.45, 7) is 7.22. The van der Waals surface area contributed by atoms with Crippen LogP contribution in [-0.4, -0.2) is 10.2 Å². The van der Waals surface area contributed by atoms with Crippen LogP contribution < -0.4 is 0 Å². The lowest BCUT2D eigenvalue weighted by Gasteiger charge is -2.23. The summed E-state index contributed by atoms with van der Waals surface area (Å²) >= 11 is 0. The van der Waals surface area contributed by atoms with Gasteiger partial charge in [-0.3, -0.25) is 0 Å². The second-order valence-electron chi connectivity index (χ2n) is 7.02. The van der Waals surface area contributed by atoms with Crippen molar-refractivity contribution >= 4 is 21.5 Å². The van der Waals surface area contributed by atoms with Crippen molar-refractivity contribution in [2.45, 2.75) is 38.9 Å². The normalized spacial score (nSPS) is 13.0. The van der Waals surface area contributed by atoms with E-state index in [1.54, 1.807) is 27.7 Å². The molecule has 2 heteroatoms. The van der Waals surface area contributed by atoms with Crippen molar-refractivity contribution in [3.05, 3.63) is 59.7 Å². The van der Waals surface area contributed by atoms with Gasteiger partial charge < -0.3 is 10.2 Å². The molecule has 0 amide bonds. The second kappa shape index (κ2) is 4.80. The molecule has 0 aromatic heterocycles. The molecule has 3 rings (SSSR count). The van der Waals surface area contributed by atoms with Crippen LogP contribution in [0.2, 0.25) is 0 Å². The Morgan fingerprint density at radius 2 is 1.00 bits per heavy atom. The molecule has 0 saturated carbocycles. The summed E-state index contributed by atoms with van der Waals surface area (Å²) in [6, 6.07) is 16.2. The van der Waals surface area contributed by atoms with E-state index >= 15 is 0 Å². The van der Waals surface area contributed by atoms with Gasteiger partial charge in [-0.2, -0.15) is 0 Å². The van der Waals surface area contributed by atoms with Crippen LogP contribution in [0.3, 0.4) is 0 Å². The van der Waals surface area contributed by atoms with Crippen molar-refractivity contribution in [2.75, 3.05) is 0 Å². The first-order valence-corrected chi connectivity index (χ1v) is 7.59. The molecule has 0 saturated heterocycles. The molecule has 0 unspecified atom stereocenters. The van der Waals surface area contributed by atoms with Gasteiger partial charge >= 0.3 is 0 Å². The first kappa shape index (κ1) is 15.0. The number of hydrogen-bond acceptors (Lipinski definition) is 2. The molecular weight excluding hydrogens is 272 g/mol. The van der Waals surface area contributed by atoms with Gasteiger partial charge in [-0.05, 0) is 72.5 Å². The molecule has 0 aliphatic rings. The molecule has 0 aliphatic carbocycles. The lowest BCUT2D eigenvalue weighted by Crippen LogP contribution is -2.16. The van der Waals surface area contributed by atoms with E-state index in [4.69, 9.17) is 0 Å². The third kappa shape index (κ3) is 2.49. The summed E-state index contributed by atoms with van der Waals surface area (Å²) in [5.41, 5.74) is 0.0587. The molecule has 2 nitrogen and oxygen atoms in total. The van der Waals surface area contributed by atoms with Crippen LogP contribution in [0.4, 0.5) is 0 Å². The maximum absolute atomic E-state index is 10.4. The minimum atomic E-state index is -0.888. The molecule has 0 radical (unpaired) electrons. The lowest BCUT2D eigenvalue weighted by molar-refractivity contribution is 0.0795. The number of fused-ring (bicyclic) bond motifs is 2. The molecule has 114 valence electrons. The fraction of sp³-hybridized carbons (Fsp3) is 0.300. The monoisotopic (exact) mass is 294 g/mol. The standard InChI is InChI=1S/C20H22O2/c1-19(2,21)17-9-5-7-13-12-16-14(11-15(13)17)8-6-10-18(16)20(3,4)22/h5-12,21-22H,1-4H3. The van der Waals surface area contributed by atoms with Gasteiger partial charge in [0.1, 0.15) is 0 Å². The van der Waals surface area contributed by atoms with Crippen LogP contribution in [0.25, 0.3) is 21.5 Å². The van der Waals surface area contributed by atoms with Crippen LogP contribution in [0, 0.1) is 0 Å². The van der Waals surface area contributed by atoms with Crippen LogP contribution in [0.5, 0.6) is 0 Å². The van der Waals surface area contributed by atoms with Crippen molar-refractivity contribution in [3.63, 3.8) is 0 Å². The molecule has 0 atom stereocenters. The van der Waals surface area contributed by atoms with E-state index in [0.29, 0.717) is 0 Å². The Hall–Kier alpha value is -1.90. The van der Waals surface area contributed by atoms with Crippen LogP contribution in [0.15, 0.2) is 48.5 Å². The first-order chi connectivity index (χ1) is 10.2. The van der Waals surface area contributed by atoms with E-state index in [1.165, 1.54) is 0 Å². The lowest BCUT2D eigenvalue weighted by atomic mass is 9.88. The molecule has 0 heterocycles. The first-order valence-electron chi connectivity index (χ1n) is 7.59. The SMILES string of the molecule is CC(C)(O)c1cccc2cc3c(C(C)(C)O)cccc3cc12. The highest BCUT2D eigenvalue weighted by atomic mass is 16.3. The van der Waals surface area contributed by atoms with Gasteiger partial charge in [-0.15, -0.1) is 0 Å². The van der Waals surface area contributed by atoms with E-state index in [9.17, 15) is 10.2 Å². The molecule has 0 spiro atoms. The highest BCUT2D eigenvalue weighted by Crippen LogP contribution is 2.35. The zero-order chi connectivity index (χ0) is 16.1. The second-order valence-corrected chi connectivity index (χ2v) is 7.02. The van der Waals surface area contributed by atoms with Crippen molar-refractivity contribution in [1.82, 2.24) is 0 Å². The molecule has 2 N–H and O–H groups in total. The smallest absolute Gasteiger partial charge is 0.0846 e. The molecule has 3 aromatic rings. The Labute approximate surface area is 131 Å². The fourth-order valence-electron chi connectivity index (χ4n) is 3.12. The average molecular weight is 294 g/mol. The van der Waals surface area contributed by atoms with E-state index < -0.39 is 11.2 Å². The average Bonchev–Trinajstić information content (AvgIpc) is 2.41. The van der Waals surface area contributed by atoms with Gasteiger partial charge in [0.15, 0.2) is 0 Å². The summed E-state index contributed by atoms with van der Waals surface area (Å²) in [7, 11) is 0. The van der Waals surface area contributed by atoms with Crippen LogP contribution in [0.1, 0.15) is 38.8 Å². The summed E-state index contributed by atoms with van der Waals surface area (Å²) in [5.74, 6) is 0. The highest BCUT2D eigenvalue weighted by molar-refractivity contribution is 6.01. The van der Waals surface area contributed by atoms with Crippen molar-refractivity contribution in [1.29, 1.82) is 0 Å². The Kier molecular flexibility index (Phi) is 3.28. The summed E-state index contributed by atoms with van der Waals surface area (Å²) < 4.78 is 0. The molecule has 22 heavy (non-hydrogen) atoms. The number of benzene rings is 3. The minimum absolute atomic E-state index is 0.888. The van der Waals surface area contributed by atoms with E-state index in [2.05, 4.69) is 12.1 Å². The zero-order valence-electron chi connectivity index (χ0n) is 13.5. The number of rotatable bonds is 2. The summed E-state index contributed by atoms with van der Waals surface area (Å²) in [4.78, 5) is 0. The van der Waals surface area contributed by atoms with Crippen LogP contribution in [-0.2, 0) is 11.2 Å². The predicted octanol–water partition coefficient (Wildman–Crippen LogP) is 4.45. The van der Waals surface area contributed by atoms with Gasteiger partial charge in [0.05, 0.1) is 11.2 Å². The quantitative estimate of drug-likeness (QED) is 0.686. The van der Waals surface area contributed by atoms with Crippen LogP contribution >= 0.6 is 0 Å². The molecule has 0 bridgehead atoms. The minimum Gasteiger partial charge on any atom is -0.386 e. The van der Waals surface area contributed by atoms with Crippen molar-refractivity contribution < 1.29 is 10.2 Å².